The molecular formula is C25H25N3O6. The van der Waals surface area contributed by atoms with Crippen LogP contribution in [0.2, 0.25) is 0 Å². The third-order valence-corrected chi connectivity index (χ3v) is 4.61. The number of anilines is 3. The molecule has 0 fully saturated rings. The van der Waals surface area contributed by atoms with Crippen molar-refractivity contribution in [3.05, 3.63) is 72.3 Å². The van der Waals surface area contributed by atoms with Gasteiger partial charge >= 0.3 is 0 Å². The van der Waals surface area contributed by atoms with E-state index in [-0.39, 0.29) is 24.3 Å². The number of methoxy groups -OCH3 is 2. The lowest BCUT2D eigenvalue weighted by atomic mass is 10.2. The Morgan fingerprint density at radius 1 is 0.765 bits per heavy atom. The van der Waals surface area contributed by atoms with Crippen molar-refractivity contribution in [2.45, 2.75) is 6.92 Å². The first kappa shape index (κ1) is 24.1. The molecule has 0 aliphatic rings. The predicted molar refractivity (Wildman–Crippen MR) is 129 cm³/mol. The molecule has 0 saturated carbocycles. The molecule has 34 heavy (non-hydrogen) atoms. The van der Waals surface area contributed by atoms with Gasteiger partial charge in [0.25, 0.3) is 11.8 Å². The number of hydrogen-bond donors (Lipinski definition) is 3. The maximum atomic E-state index is 12.7. The van der Waals surface area contributed by atoms with Crippen molar-refractivity contribution in [2.75, 3.05) is 36.8 Å². The molecule has 0 atom stereocenters. The molecule has 0 bridgehead atoms. The third-order valence-electron chi connectivity index (χ3n) is 4.61. The number of rotatable bonds is 9. The van der Waals surface area contributed by atoms with Gasteiger partial charge in [-0.25, -0.2) is 0 Å². The largest absolute Gasteiger partial charge is 0.497 e. The van der Waals surface area contributed by atoms with Gasteiger partial charge in [0.05, 0.1) is 19.9 Å². The Labute approximate surface area is 197 Å². The van der Waals surface area contributed by atoms with E-state index >= 15 is 0 Å². The quantitative estimate of drug-likeness (QED) is 0.443. The van der Waals surface area contributed by atoms with E-state index < -0.39 is 0 Å². The van der Waals surface area contributed by atoms with E-state index in [0.29, 0.717) is 39.9 Å². The third kappa shape index (κ3) is 6.73. The summed E-state index contributed by atoms with van der Waals surface area (Å²) in [4.78, 5) is 36.1. The Bertz CT molecular complexity index is 1180. The predicted octanol–water partition coefficient (Wildman–Crippen LogP) is 3.93. The Morgan fingerprint density at radius 2 is 1.50 bits per heavy atom. The van der Waals surface area contributed by atoms with Crippen molar-refractivity contribution in [3.63, 3.8) is 0 Å². The van der Waals surface area contributed by atoms with E-state index in [4.69, 9.17) is 14.2 Å². The summed E-state index contributed by atoms with van der Waals surface area (Å²) in [6.45, 7) is 1.20. The average molecular weight is 463 g/mol. The van der Waals surface area contributed by atoms with Crippen LogP contribution in [0.1, 0.15) is 17.3 Å². The molecule has 3 rings (SSSR count). The zero-order chi connectivity index (χ0) is 24.5. The molecule has 3 amide bonds. The maximum Gasteiger partial charge on any atom is 0.262 e. The fourth-order valence-electron chi connectivity index (χ4n) is 3.03. The zero-order valence-electron chi connectivity index (χ0n) is 19.0. The van der Waals surface area contributed by atoms with Crippen LogP contribution in [0.3, 0.4) is 0 Å². The Kier molecular flexibility index (Phi) is 8.07. The molecule has 0 radical (unpaired) electrons. The van der Waals surface area contributed by atoms with Crippen LogP contribution in [0.4, 0.5) is 17.1 Å². The number of benzene rings is 3. The molecule has 0 aliphatic carbocycles. The van der Waals surface area contributed by atoms with Gasteiger partial charge in [-0.2, -0.15) is 0 Å². The molecule has 9 heteroatoms. The second-order valence-electron chi connectivity index (χ2n) is 7.14. The Balaban J connectivity index is 1.58. The van der Waals surface area contributed by atoms with Gasteiger partial charge in [-0.3, -0.25) is 14.4 Å². The second kappa shape index (κ2) is 11.4. The molecule has 0 saturated heterocycles. The van der Waals surface area contributed by atoms with Gasteiger partial charge in [-0.1, -0.05) is 6.07 Å². The second-order valence-corrected chi connectivity index (χ2v) is 7.14. The standard InChI is InChI=1S/C25H25N3O6/c1-16(29)26-19-9-12-23(33-3)22(14-19)28-25(31)17-7-10-20(11-8-17)34-15-24(30)27-18-5-4-6-21(13-18)32-2/h4-14H,15H2,1-3H3,(H,26,29)(H,27,30)(H,28,31). The molecule has 3 aromatic carbocycles. The summed E-state index contributed by atoms with van der Waals surface area (Å²) in [5.41, 5.74) is 1.91. The molecule has 3 aromatic rings. The number of carbonyl (C=O) groups excluding carboxylic acids is 3. The van der Waals surface area contributed by atoms with E-state index in [2.05, 4.69) is 16.0 Å². The first-order valence-electron chi connectivity index (χ1n) is 10.3. The lowest BCUT2D eigenvalue weighted by molar-refractivity contribution is -0.118. The van der Waals surface area contributed by atoms with Gasteiger partial charge < -0.3 is 30.2 Å². The monoisotopic (exact) mass is 463 g/mol. The molecular weight excluding hydrogens is 438 g/mol. The minimum absolute atomic E-state index is 0.199. The molecule has 176 valence electrons. The SMILES string of the molecule is COc1cccc(NC(=O)COc2ccc(C(=O)Nc3cc(NC(C)=O)ccc3OC)cc2)c1. The van der Waals surface area contributed by atoms with E-state index in [1.165, 1.54) is 14.0 Å². The summed E-state index contributed by atoms with van der Waals surface area (Å²) in [5, 5.41) is 8.15. The fourth-order valence-corrected chi connectivity index (χ4v) is 3.03. The molecule has 0 aromatic heterocycles. The van der Waals surface area contributed by atoms with Crippen LogP contribution in [0, 0.1) is 0 Å². The van der Waals surface area contributed by atoms with Gasteiger partial charge in [0.1, 0.15) is 17.2 Å². The van der Waals surface area contributed by atoms with Gasteiger partial charge in [0.15, 0.2) is 6.61 Å². The molecule has 0 aliphatic heterocycles. The first-order valence-corrected chi connectivity index (χ1v) is 10.3. The van der Waals surface area contributed by atoms with Crippen molar-refractivity contribution in [2.24, 2.45) is 0 Å². The maximum absolute atomic E-state index is 12.7. The van der Waals surface area contributed by atoms with Crippen LogP contribution in [0.15, 0.2) is 66.7 Å². The minimum atomic E-state index is -0.374. The van der Waals surface area contributed by atoms with E-state index in [1.54, 1.807) is 73.8 Å². The summed E-state index contributed by atoms with van der Waals surface area (Å²) < 4.78 is 15.9. The zero-order valence-corrected chi connectivity index (χ0v) is 19.0. The van der Waals surface area contributed by atoms with Crippen molar-refractivity contribution in [1.29, 1.82) is 0 Å². The highest BCUT2D eigenvalue weighted by Crippen LogP contribution is 2.28. The fraction of sp³-hybridized carbons (Fsp3) is 0.160. The number of hydrogen-bond acceptors (Lipinski definition) is 6. The summed E-state index contributed by atoms with van der Waals surface area (Å²) in [7, 11) is 3.03. The van der Waals surface area contributed by atoms with Crippen molar-refractivity contribution in [1.82, 2.24) is 0 Å². The van der Waals surface area contributed by atoms with Crippen LogP contribution >= 0.6 is 0 Å². The highest BCUT2D eigenvalue weighted by atomic mass is 16.5. The van der Waals surface area contributed by atoms with Crippen molar-refractivity contribution >= 4 is 34.8 Å². The van der Waals surface area contributed by atoms with E-state index in [9.17, 15) is 14.4 Å². The van der Waals surface area contributed by atoms with Crippen LogP contribution in [0.25, 0.3) is 0 Å². The summed E-state index contributed by atoms with van der Waals surface area (Å²) in [6, 6.07) is 18.3. The lowest BCUT2D eigenvalue weighted by Gasteiger charge is -2.13. The number of nitrogens with one attached hydrogen (secondary N) is 3. The minimum Gasteiger partial charge on any atom is -0.497 e. The van der Waals surface area contributed by atoms with Crippen LogP contribution in [0.5, 0.6) is 17.2 Å². The van der Waals surface area contributed by atoms with Crippen LogP contribution in [-0.4, -0.2) is 38.5 Å². The van der Waals surface area contributed by atoms with E-state index in [1.807, 2.05) is 0 Å². The number of carbonyl (C=O) groups is 3. The van der Waals surface area contributed by atoms with Crippen molar-refractivity contribution in [3.8, 4) is 17.2 Å². The van der Waals surface area contributed by atoms with Crippen molar-refractivity contribution < 1.29 is 28.6 Å². The summed E-state index contributed by atoms with van der Waals surface area (Å²) >= 11 is 0. The summed E-state index contributed by atoms with van der Waals surface area (Å²) in [6.07, 6.45) is 0. The van der Waals surface area contributed by atoms with Gasteiger partial charge in [0.2, 0.25) is 5.91 Å². The summed E-state index contributed by atoms with van der Waals surface area (Å²) in [5.74, 6) is 0.580. The highest BCUT2D eigenvalue weighted by Gasteiger charge is 2.12. The lowest BCUT2D eigenvalue weighted by Crippen LogP contribution is -2.20. The van der Waals surface area contributed by atoms with Gasteiger partial charge in [-0.05, 0) is 54.6 Å². The average Bonchev–Trinajstić information content (AvgIpc) is 2.83. The van der Waals surface area contributed by atoms with Gasteiger partial charge in [-0.15, -0.1) is 0 Å². The van der Waals surface area contributed by atoms with Gasteiger partial charge in [0, 0.05) is 29.9 Å². The first-order chi connectivity index (χ1) is 16.4. The van der Waals surface area contributed by atoms with Crippen LogP contribution < -0.4 is 30.2 Å². The van der Waals surface area contributed by atoms with E-state index in [0.717, 1.165) is 0 Å². The molecule has 0 unspecified atom stereocenters. The Morgan fingerprint density at radius 3 is 2.18 bits per heavy atom. The Hall–Kier alpha value is -4.53. The van der Waals surface area contributed by atoms with Crippen LogP contribution in [-0.2, 0) is 9.59 Å². The normalized spacial score (nSPS) is 10.1. The highest BCUT2D eigenvalue weighted by molar-refractivity contribution is 6.05. The molecule has 3 N–H and O–H groups in total. The molecule has 0 spiro atoms. The topological polar surface area (TPSA) is 115 Å². The number of amides is 3. The smallest absolute Gasteiger partial charge is 0.262 e. The number of ether oxygens (including phenoxy) is 3. The molecule has 9 nitrogen and oxygen atoms in total. The molecule has 0 heterocycles.